The Morgan fingerprint density at radius 1 is 1.07 bits per heavy atom. The van der Waals surface area contributed by atoms with Crippen LogP contribution < -0.4 is 10.5 Å². The number of nitrogens with two attached hydrogens (primary N) is 1. The number of hydrogen-bond acceptors (Lipinski definition) is 4. The van der Waals surface area contributed by atoms with E-state index in [0.717, 1.165) is 56.8 Å². The third-order valence-electron chi connectivity index (χ3n) is 6.84. The fraction of sp³-hybridized carbons (Fsp3) is 0.480. The van der Waals surface area contributed by atoms with Gasteiger partial charge in [0.15, 0.2) is 0 Å². The Morgan fingerprint density at radius 3 is 2.43 bits per heavy atom. The van der Waals surface area contributed by atoms with Crippen LogP contribution in [0.2, 0.25) is 0 Å². The molecule has 5 nitrogen and oxygen atoms in total. The van der Waals surface area contributed by atoms with Gasteiger partial charge in [0.05, 0.1) is 7.11 Å². The van der Waals surface area contributed by atoms with E-state index in [-0.39, 0.29) is 11.5 Å². The molecule has 0 unspecified atom stereocenters. The monoisotopic (exact) mass is 407 g/mol. The number of hydrogen-bond donors (Lipinski definition) is 1. The van der Waals surface area contributed by atoms with Crippen molar-refractivity contribution in [1.29, 1.82) is 0 Å². The van der Waals surface area contributed by atoms with Gasteiger partial charge >= 0.3 is 0 Å². The Labute approximate surface area is 179 Å². The third-order valence-corrected chi connectivity index (χ3v) is 6.84. The van der Waals surface area contributed by atoms with E-state index in [2.05, 4.69) is 41.3 Å². The van der Waals surface area contributed by atoms with Gasteiger partial charge in [-0.25, -0.2) is 0 Å². The second kappa shape index (κ2) is 9.19. The van der Waals surface area contributed by atoms with Gasteiger partial charge in [0, 0.05) is 25.6 Å². The maximum absolute atomic E-state index is 12.7. The van der Waals surface area contributed by atoms with Gasteiger partial charge in [0.2, 0.25) is 5.91 Å². The molecule has 0 aromatic heterocycles. The molecular formula is C25H33N3O2. The van der Waals surface area contributed by atoms with Crippen LogP contribution >= 0.6 is 0 Å². The molecule has 0 saturated carbocycles. The summed E-state index contributed by atoms with van der Waals surface area (Å²) in [4.78, 5) is 17.3. The van der Waals surface area contributed by atoms with E-state index >= 15 is 0 Å². The number of ether oxygens (including phenoxy) is 1. The van der Waals surface area contributed by atoms with Gasteiger partial charge in [-0.05, 0) is 67.6 Å². The fourth-order valence-electron chi connectivity index (χ4n) is 4.85. The highest BCUT2D eigenvalue weighted by atomic mass is 16.5. The molecule has 160 valence electrons. The van der Waals surface area contributed by atoms with Crippen molar-refractivity contribution in [3.8, 4) is 5.75 Å². The molecule has 30 heavy (non-hydrogen) atoms. The summed E-state index contributed by atoms with van der Waals surface area (Å²) >= 11 is 0. The largest absolute Gasteiger partial charge is 0.497 e. The molecule has 2 fully saturated rings. The zero-order valence-electron chi connectivity index (χ0n) is 17.9. The summed E-state index contributed by atoms with van der Waals surface area (Å²) in [5.74, 6) is 1.15. The van der Waals surface area contributed by atoms with Crippen LogP contribution in [0.3, 0.4) is 0 Å². The van der Waals surface area contributed by atoms with Crippen LogP contribution in [0.5, 0.6) is 5.75 Å². The molecule has 4 rings (SSSR count). The van der Waals surface area contributed by atoms with Crippen LogP contribution in [-0.4, -0.2) is 49.0 Å². The normalized spacial score (nSPS) is 19.9. The summed E-state index contributed by atoms with van der Waals surface area (Å²) < 4.78 is 5.23. The lowest BCUT2D eigenvalue weighted by Crippen LogP contribution is -2.42. The van der Waals surface area contributed by atoms with Gasteiger partial charge in [-0.2, -0.15) is 0 Å². The minimum absolute atomic E-state index is 0.0927. The van der Waals surface area contributed by atoms with Crippen molar-refractivity contribution in [2.24, 2.45) is 11.1 Å². The molecule has 0 bridgehead atoms. The molecule has 2 aromatic rings. The lowest BCUT2D eigenvalue weighted by atomic mass is 9.77. The Hall–Kier alpha value is -2.37. The van der Waals surface area contributed by atoms with Crippen LogP contribution in [0.25, 0.3) is 0 Å². The van der Waals surface area contributed by atoms with Gasteiger partial charge in [-0.15, -0.1) is 0 Å². The highest BCUT2D eigenvalue weighted by molar-refractivity contribution is 5.79. The van der Waals surface area contributed by atoms with Crippen LogP contribution in [0, 0.1) is 5.41 Å². The van der Waals surface area contributed by atoms with Crippen LogP contribution in [0.1, 0.15) is 42.9 Å². The van der Waals surface area contributed by atoms with E-state index in [1.807, 2.05) is 23.1 Å². The quantitative estimate of drug-likeness (QED) is 0.762. The summed E-state index contributed by atoms with van der Waals surface area (Å²) in [5.41, 5.74) is 8.89. The first-order chi connectivity index (χ1) is 14.6. The predicted octanol–water partition coefficient (Wildman–Crippen LogP) is 3.60. The van der Waals surface area contributed by atoms with Crippen molar-refractivity contribution in [2.75, 3.05) is 33.3 Å². The Balaban J connectivity index is 1.26. The van der Waals surface area contributed by atoms with Crippen molar-refractivity contribution in [1.82, 2.24) is 9.80 Å². The van der Waals surface area contributed by atoms with E-state index in [0.29, 0.717) is 18.9 Å². The summed E-state index contributed by atoms with van der Waals surface area (Å²) in [5, 5.41) is 0. The number of amides is 1. The topological polar surface area (TPSA) is 58.8 Å². The van der Waals surface area contributed by atoms with E-state index < -0.39 is 0 Å². The zero-order valence-corrected chi connectivity index (χ0v) is 17.9. The SMILES string of the molecule is COc1ccc(CN2CC3(CCN(CC[C@H](N)c4ccccc4)CC3)CC2=O)cc1. The van der Waals surface area contributed by atoms with Gasteiger partial charge < -0.3 is 20.3 Å². The number of likely N-dealkylation sites (tertiary alicyclic amines) is 2. The predicted molar refractivity (Wildman–Crippen MR) is 119 cm³/mol. The van der Waals surface area contributed by atoms with Crippen molar-refractivity contribution >= 4 is 5.91 Å². The molecule has 1 spiro atoms. The average Bonchev–Trinajstić information content (AvgIpc) is 3.08. The van der Waals surface area contributed by atoms with Gasteiger partial charge in [-0.3, -0.25) is 4.79 Å². The first-order valence-electron chi connectivity index (χ1n) is 11.0. The lowest BCUT2D eigenvalue weighted by molar-refractivity contribution is -0.128. The van der Waals surface area contributed by atoms with E-state index in [9.17, 15) is 4.79 Å². The molecule has 2 N–H and O–H groups in total. The van der Waals surface area contributed by atoms with E-state index in [1.165, 1.54) is 5.56 Å². The number of rotatable bonds is 7. The number of methoxy groups -OCH3 is 1. The number of carbonyl (C=O) groups excluding carboxylic acids is 1. The molecule has 5 heteroatoms. The second-order valence-electron chi connectivity index (χ2n) is 8.92. The van der Waals surface area contributed by atoms with Crippen LogP contribution in [0.4, 0.5) is 0 Å². The lowest BCUT2D eigenvalue weighted by Gasteiger charge is -2.39. The molecule has 0 aliphatic carbocycles. The van der Waals surface area contributed by atoms with Crippen LogP contribution in [-0.2, 0) is 11.3 Å². The molecule has 1 atom stereocenters. The van der Waals surface area contributed by atoms with Crippen molar-refractivity contribution in [2.45, 2.75) is 38.3 Å². The summed E-state index contributed by atoms with van der Waals surface area (Å²) in [6, 6.07) is 18.5. The molecule has 2 aliphatic heterocycles. The van der Waals surface area contributed by atoms with E-state index in [4.69, 9.17) is 10.5 Å². The van der Waals surface area contributed by atoms with Gasteiger partial charge in [0.25, 0.3) is 0 Å². The molecule has 2 heterocycles. The standard InChI is InChI=1S/C25H33N3O2/c1-30-22-9-7-20(8-10-22)18-28-19-25(17-24(28)29)12-15-27(16-13-25)14-11-23(26)21-5-3-2-4-6-21/h2-10,23H,11-19,26H2,1H3/t23-/m0/s1. The fourth-order valence-corrected chi connectivity index (χ4v) is 4.85. The van der Waals surface area contributed by atoms with Crippen molar-refractivity contribution in [3.63, 3.8) is 0 Å². The third kappa shape index (κ3) is 4.85. The minimum atomic E-state index is 0.0927. The Morgan fingerprint density at radius 2 is 1.77 bits per heavy atom. The highest BCUT2D eigenvalue weighted by Gasteiger charge is 2.44. The number of nitrogens with zero attached hydrogens (tertiary/aromatic N) is 2. The maximum Gasteiger partial charge on any atom is 0.223 e. The molecule has 2 aromatic carbocycles. The summed E-state index contributed by atoms with van der Waals surface area (Å²) in [7, 11) is 1.67. The first kappa shape index (κ1) is 20.9. The Kier molecular flexibility index (Phi) is 6.40. The Bertz CT molecular complexity index is 829. The molecule has 0 radical (unpaired) electrons. The van der Waals surface area contributed by atoms with Crippen molar-refractivity contribution in [3.05, 3.63) is 65.7 Å². The highest BCUT2D eigenvalue weighted by Crippen LogP contribution is 2.41. The molecular weight excluding hydrogens is 374 g/mol. The average molecular weight is 408 g/mol. The molecule has 1 amide bonds. The number of benzene rings is 2. The summed E-state index contributed by atoms with van der Waals surface area (Å²) in [6.45, 7) is 4.72. The first-order valence-corrected chi connectivity index (χ1v) is 11.0. The summed E-state index contributed by atoms with van der Waals surface area (Å²) in [6.07, 6.45) is 3.86. The number of piperidine rings is 1. The smallest absolute Gasteiger partial charge is 0.223 e. The van der Waals surface area contributed by atoms with Crippen LogP contribution in [0.15, 0.2) is 54.6 Å². The maximum atomic E-state index is 12.7. The zero-order chi connectivity index (χ0) is 21.0. The van der Waals surface area contributed by atoms with Gasteiger partial charge in [-0.1, -0.05) is 42.5 Å². The number of carbonyl (C=O) groups is 1. The molecule has 2 aliphatic rings. The minimum Gasteiger partial charge on any atom is -0.497 e. The van der Waals surface area contributed by atoms with Crippen molar-refractivity contribution < 1.29 is 9.53 Å². The molecule has 2 saturated heterocycles. The second-order valence-corrected chi connectivity index (χ2v) is 8.92. The van der Waals surface area contributed by atoms with Gasteiger partial charge in [0.1, 0.15) is 5.75 Å². The van der Waals surface area contributed by atoms with E-state index in [1.54, 1.807) is 7.11 Å².